The van der Waals surface area contributed by atoms with Crippen LogP contribution in [-0.4, -0.2) is 53.3 Å². The van der Waals surface area contributed by atoms with Crippen molar-refractivity contribution in [3.8, 4) is 0 Å². The molecule has 1 aromatic rings. The third-order valence-electron chi connectivity index (χ3n) is 4.19. The molecule has 25 heavy (non-hydrogen) atoms. The Morgan fingerprint density at radius 1 is 1.28 bits per heavy atom. The van der Waals surface area contributed by atoms with E-state index < -0.39 is 11.6 Å². The van der Waals surface area contributed by atoms with Crippen LogP contribution in [0.25, 0.3) is 0 Å². The van der Waals surface area contributed by atoms with Gasteiger partial charge in [0, 0.05) is 25.3 Å². The molecule has 0 saturated carbocycles. The molecular weight excluding hydrogens is 320 g/mol. The smallest absolute Gasteiger partial charge is 0.410 e. The number of ether oxygens (including phenoxy) is 1. The second-order valence-corrected chi connectivity index (χ2v) is 7.42. The van der Waals surface area contributed by atoms with Gasteiger partial charge in [0.2, 0.25) is 0 Å². The van der Waals surface area contributed by atoms with E-state index in [1.165, 1.54) is 0 Å². The molecule has 1 N–H and O–H groups in total. The van der Waals surface area contributed by atoms with Crippen molar-refractivity contribution in [2.75, 3.05) is 24.5 Å². The van der Waals surface area contributed by atoms with E-state index in [4.69, 9.17) is 4.74 Å². The van der Waals surface area contributed by atoms with E-state index in [1.807, 2.05) is 31.7 Å². The van der Waals surface area contributed by atoms with Crippen molar-refractivity contribution < 1.29 is 19.4 Å². The summed E-state index contributed by atoms with van der Waals surface area (Å²) in [6.07, 6.45) is 1.58. The highest BCUT2D eigenvalue weighted by atomic mass is 16.6. The fraction of sp³-hybridized carbons (Fsp3) is 0.579. The molecule has 6 heteroatoms. The number of rotatable bonds is 4. The number of amides is 1. The van der Waals surface area contributed by atoms with Crippen LogP contribution in [0.4, 0.5) is 10.5 Å². The highest BCUT2D eigenvalue weighted by Crippen LogP contribution is 2.24. The van der Waals surface area contributed by atoms with Gasteiger partial charge in [-0.05, 0) is 45.4 Å². The molecule has 1 fully saturated rings. The van der Waals surface area contributed by atoms with Crippen LogP contribution in [0.15, 0.2) is 24.3 Å². The van der Waals surface area contributed by atoms with E-state index in [0.717, 1.165) is 18.5 Å². The molecule has 1 aromatic carbocycles. The van der Waals surface area contributed by atoms with Crippen LogP contribution in [0.5, 0.6) is 0 Å². The van der Waals surface area contributed by atoms with Crippen LogP contribution in [0.1, 0.15) is 50.9 Å². The first-order chi connectivity index (χ1) is 11.7. The zero-order valence-electron chi connectivity index (χ0n) is 15.5. The number of carbonyl (C=O) groups is 2. The normalized spacial score (nSPS) is 18.2. The number of carbonyl (C=O) groups excluding carboxylic acids is 1. The molecule has 1 saturated heterocycles. The van der Waals surface area contributed by atoms with Crippen molar-refractivity contribution in [1.82, 2.24) is 4.90 Å². The fourth-order valence-corrected chi connectivity index (χ4v) is 3.07. The van der Waals surface area contributed by atoms with Gasteiger partial charge in [-0.15, -0.1) is 0 Å². The summed E-state index contributed by atoms with van der Waals surface area (Å²) < 4.78 is 5.54. The van der Waals surface area contributed by atoms with Crippen molar-refractivity contribution in [3.05, 3.63) is 29.8 Å². The summed E-state index contributed by atoms with van der Waals surface area (Å²) >= 11 is 0. The second-order valence-electron chi connectivity index (χ2n) is 7.42. The van der Waals surface area contributed by atoms with Gasteiger partial charge in [-0.2, -0.15) is 0 Å². The molecule has 138 valence electrons. The van der Waals surface area contributed by atoms with Gasteiger partial charge in [0.05, 0.1) is 11.6 Å². The SMILES string of the molecule is CCC[C@@H]1CN(c2cccc(C(=O)O)c2)CCN1C(=O)OC(C)(C)C. The Balaban J connectivity index is 2.14. The zero-order chi connectivity index (χ0) is 18.6. The summed E-state index contributed by atoms with van der Waals surface area (Å²) in [7, 11) is 0. The molecular formula is C19H28N2O4. The molecule has 0 unspecified atom stereocenters. The Labute approximate surface area is 149 Å². The fourth-order valence-electron chi connectivity index (χ4n) is 3.07. The van der Waals surface area contributed by atoms with Gasteiger partial charge >= 0.3 is 12.1 Å². The largest absolute Gasteiger partial charge is 0.478 e. The van der Waals surface area contributed by atoms with Crippen LogP contribution < -0.4 is 4.90 Å². The van der Waals surface area contributed by atoms with Gasteiger partial charge in [0.25, 0.3) is 0 Å². The highest BCUT2D eigenvalue weighted by molar-refractivity contribution is 5.88. The summed E-state index contributed by atoms with van der Waals surface area (Å²) in [6.45, 7) is 9.60. The molecule has 1 heterocycles. The lowest BCUT2D eigenvalue weighted by atomic mass is 10.1. The van der Waals surface area contributed by atoms with Crippen molar-refractivity contribution in [3.63, 3.8) is 0 Å². The molecule has 1 atom stereocenters. The number of anilines is 1. The predicted octanol–water partition coefficient (Wildman–Crippen LogP) is 3.61. The minimum Gasteiger partial charge on any atom is -0.478 e. The van der Waals surface area contributed by atoms with Crippen molar-refractivity contribution in [2.45, 2.75) is 52.2 Å². The first-order valence-electron chi connectivity index (χ1n) is 8.79. The monoisotopic (exact) mass is 348 g/mol. The van der Waals surface area contributed by atoms with E-state index in [2.05, 4.69) is 11.8 Å². The molecule has 0 bridgehead atoms. The number of hydrogen-bond donors (Lipinski definition) is 1. The lowest BCUT2D eigenvalue weighted by Gasteiger charge is -2.42. The van der Waals surface area contributed by atoms with E-state index in [9.17, 15) is 14.7 Å². The molecule has 0 aromatic heterocycles. The molecule has 0 aliphatic carbocycles. The minimum atomic E-state index is -0.931. The van der Waals surface area contributed by atoms with Crippen LogP contribution in [0, 0.1) is 0 Å². The standard InChI is InChI=1S/C19H28N2O4/c1-5-7-16-13-20(15-9-6-8-14(12-15)17(22)23)10-11-21(16)18(24)25-19(2,3)4/h6,8-9,12,16H,5,7,10-11,13H2,1-4H3,(H,22,23)/t16-/m1/s1. The van der Waals surface area contributed by atoms with Crippen LogP contribution in [0.3, 0.4) is 0 Å². The lowest BCUT2D eigenvalue weighted by Crippen LogP contribution is -2.56. The summed E-state index contributed by atoms with van der Waals surface area (Å²) in [5.41, 5.74) is 0.643. The lowest BCUT2D eigenvalue weighted by molar-refractivity contribution is 0.0131. The van der Waals surface area contributed by atoms with Crippen molar-refractivity contribution in [1.29, 1.82) is 0 Å². The molecule has 1 amide bonds. The second kappa shape index (κ2) is 7.76. The van der Waals surface area contributed by atoms with Crippen molar-refractivity contribution in [2.24, 2.45) is 0 Å². The molecule has 1 aliphatic rings. The predicted molar refractivity (Wildman–Crippen MR) is 97.3 cm³/mol. The van der Waals surface area contributed by atoms with Gasteiger partial charge in [0.1, 0.15) is 5.60 Å². The first kappa shape index (κ1) is 19.1. The van der Waals surface area contributed by atoms with E-state index >= 15 is 0 Å². The average Bonchev–Trinajstić information content (AvgIpc) is 2.53. The number of hydrogen-bond acceptors (Lipinski definition) is 4. The van der Waals surface area contributed by atoms with Gasteiger partial charge in [0.15, 0.2) is 0 Å². The highest BCUT2D eigenvalue weighted by Gasteiger charge is 2.33. The van der Waals surface area contributed by atoms with Gasteiger partial charge < -0.3 is 19.6 Å². The number of benzene rings is 1. The quantitative estimate of drug-likeness (QED) is 0.900. The Hall–Kier alpha value is -2.24. The maximum Gasteiger partial charge on any atom is 0.410 e. The third-order valence-corrected chi connectivity index (χ3v) is 4.19. The minimum absolute atomic E-state index is 0.0575. The topological polar surface area (TPSA) is 70.1 Å². The molecule has 2 rings (SSSR count). The van der Waals surface area contributed by atoms with E-state index in [-0.39, 0.29) is 17.7 Å². The maximum atomic E-state index is 12.5. The number of aromatic carboxylic acids is 1. The summed E-state index contributed by atoms with van der Waals surface area (Å²) in [5, 5.41) is 9.18. The number of carboxylic acids is 1. The number of piperazine rings is 1. The van der Waals surface area contributed by atoms with Crippen molar-refractivity contribution >= 4 is 17.7 Å². The third kappa shape index (κ3) is 5.11. The molecule has 0 spiro atoms. The Bertz CT molecular complexity index is 624. The Kier molecular flexibility index (Phi) is 5.93. The first-order valence-corrected chi connectivity index (χ1v) is 8.79. The Morgan fingerprint density at radius 2 is 2.00 bits per heavy atom. The molecule has 6 nitrogen and oxygen atoms in total. The van der Waals surface area contributed by atoms with Crippen LogP contribution >= 0.6 is 0 Å². The summed E-state index contributed by atoms with van der Waals surface area (Å²) in [5.74, 6) is -0.931. The summed E-state index contributed by atoms with van der Waals surface area (Å²) in [4.78, 5) is 27.6. The van der Waals surface area contributed by atoms with Gasteiger partial charge in [-0.3, -0.25) is 0 Å². The van der Waals surface area contributed by atoms with Crippen LogP contribution in [0.2, 0.25) is 0 Å². The molecule has 1 aliphatic heterocycles. The average molecular weight is 348 g/mol. The van der Waals surface area contributed by atoms with E-state index in [1.54, 1.807) is 18.2 Å². The summed E-state index contributed by atoms with van der Waals surface area (Å²) in [6, 6.07) is 7.01. The van der Waals surface area contributed by atoms with Gasteiger partial charge in [-0.25, -0.2) is 9.59 Å². The molecule has 0 radical (unpaired) electrons. The van der Waals surface area contributed by atoms with Crippen LogP contribution in [-0.2, 0) is 4.74 Å². The Morgan fingerprint density at radius 3 is 2.60 bits per heavy atom. The number of carboxylic acid groups (broad SMARTS) is 1. The zero-order valence-corrected chi connectivity index (χ0v) is 15.5. The maximum absolute atomic E-state index is 12.5. The number of nitrogens with zero attached hydrogens (tertiary/aromatic N) is 2. The van der Waals surface area contributed by atoms with E-state index in [0.29, 0.717) is 19.6 Å². The van der Waals surface area contributed by atoms with Gasteiger partial charge in [-0.1, -0.05) is 19.4 Å².